The Hall–Kier alpha value is -0.510. The van der Waals surface area contributed by atoms with Crippen LogP contribution in [0.5, 0.6) is 0 Å². The first-order chi connectivity index (χ1) is 8.49. The average molecular weight is 318 g/mol. The van der Waals surface area contributed by atoms with Crippen LogP contribution in [-0.2, 0) is 0 Å². The van der Waals surface area contributed by atoms with Crippen LogP contribution in [0.4, 0.5) is 8.78 Å². The van der Waals surface area contributed by atoms with Crippen molar-refractivity contribution in [3.63, 3.8) is 0 Å². The van der Waals surface area contributed by atoms with Gasteiger partial charge in [-0.2, -0.15) is 0 Å². The minimum atomic E-state index is -2.49. The molecule has 1 aliphatic carbocycles. The standard InChI is InChI=1S/C14H18BrF2N/c1-10(12-6-2-3-8-18-12)13(15)11-5-4-7-14(16,17)9-11/h2-3,6,8,10-11,13H,4-5,7,9H2,1H3. The Morgan fingerprint density at radius 1 is 1.44 bits per heavy atom. The third-order valence-corrected chi connectivity index (χ3v) is 5.30. The van der Waals surface area contributed by atoms with Gasteiger partial charge < -0.3 is 0 Å². The molecule has 4 heteroatoms. The molecule has 1 aliphatic rings. The molecule has 0 saturated heterocycles. The first-order valence-electron chi connectivity index (χ1n) is 6.42. The third kappa shape index (κ3) is 3.28. The first-order valence-corrected chi connectivity index (χ1v) is 7.34. The molecule has 1 heterocycles. The molecule has 0 amide bonds. The van der Waals surface area contributed by atoms with Crippen LogP contribution in [0.15, 0.2) is 24.4 Å². The van der Waals surface area contributed by atoms with E-state index in [0.717, 1.165) is 12.1 Å². The normalized spacial score (nSPS) is 26.6. The molecule has 1 fully saturated rings. The van der Waals surface area contributed by atoms with Gasteiger partial charge in [-0.05, 0) is 30.9 Å². The van der Waals surface area contributed by atoms with Gasteiger partial charge in [0, 0.05) is 35.5 Å². The Balaban J connectivity index is 2.05. The van der Waals surface area contributed by atoms with Crippen molar-refractivity contribution in [3.8, 4) is 0 Å². The topological polar surface area (TPSA) is 12.9 Å². The van der Waals surface area contributed by atoms with Crippen molar-refractivity contribution in [1.29, 1.82) is 0 Å². The Morgan fingerprint density at radius 2 is 2.22 bits per heavy atom. The van der Waals surface area contributed by atoms with Gasteiger partial charge in [-0.25, -0.2) is 8.78 Å². The van der Waals surface area contributed by atoms with Crippen LogP contribution in [-0.4, -0.2) is 15.7 Å². The predicted octanol–water partition coefficient (Wildman–Crippen LogP) is 4.77. The second-order valence-corrected chi connectivity index (χ2v) is 6.26. The fourth-order valence-corrected chi connectivity index (χ4v) is 3.42. The summed E-state index contributed by atoms with van der Waals surface area (Å²) in [6, 6.07) is 5.77. The summed E-state index contributed by atoms with van der Waals surface area (Å²) < 4.78 is 26.9. The van der Waals surface area contributed by atoms with Crippen LogP contribution >= 0.6 is 15.9 Å². The minimum Gasteiger partial charge on any atom is -0.261 e. The summed E-state index contributed by atoms with van der Waals surface area (Å²) in [7, 11) is 0. The summed E-state index contributed by atoms with van der Waals surface area (Å²) in [6.07, 6.45) is 3.29. The zero-order valence-corrected chi connectivity index (χ0v) is 12.0. The van der Waals surface area contributed by atoms with Gasteiger partial charge in [-0.3, -0.25) is 4.98 Å². The summed E-state index contributed by atoms with van der Waals surface area (Å²) in [6.45, 7) is 2.05. The van der Waals surface area contributed by atoms with E-state index in [1.807, 2.05) is 18.2 Å². The number of pyridine rings is 1. The van der Waals surface area contributed by atoms with Gasteiger partial charge in [-0.1, -0.05) is 28.9 Å². The lowest BCUT2D eigenvalue weighted by Crippen LogP contribution is -2.32. The zero-order chi connectivity index (χ0) is 13.2. The van der Waals surface area contributed by atoms with E-state index in [-0.39, 0.29) is 29.5 Å². The largest absolute Gasteiger partial charge is 0.261 e. The van der Waals surface area contributed by atoms with Crippen LogP contribution in [0.1, 0.15) is 44.2 Å². The molecule has 0 aliphatic heterocycles. The second kappa shape index (κ2) is 5.64. The molecule has 1 nitrogen and oxygen atoms in total. The van der Waals surface area contributed by atoms with Gasteiger partial charge in [0.1, 0.15) is 0 Å². The molecular weight excluding hydrogens is 300 g/mol. The summed E-state index contributed by atoms with van der Waals surface area (Å²) in [5.74, 6) is -2.30. The molecule has 0 spiro atoms. The lowest BCUT2D eigenvalue weighted by molar-refractivity contribution is -0.0529. The predicted molar refractivity (Wildman–Crippen MR) is 72.3 cm³/mol. The van der Waals surface area contributed by atoms with Crippen molar-refractivity contribution in [3.05, 3.63) is 30.1 Å². The molecule has 2 rings (SSSR count). The van der Waals surface area contributed by atoms with Crippen LogP contribution in [0.2, 0.25) is 0 Å². The van der Waals surface area contributed by atoms with E-state index in [4.69, 9.17) is 0 Å². The summed E-state index contributed by atoms with van der Waals surface area (Å²) in [5.41, 5.74) is 0.966. The number of nitrogens with zero attached hydrogens (tertiary/aromatic N) is 1. The van der Waals surface area contributed by atoms with Gasteiger partial charge in [-0.15, -0.1) is 0 Å². The maximum atomic E-state index is 13.4. The molecule has 1 aromatic heterocycles. The molecule has 0 radical (unpaired) electrons. The van der Waals surface area contributed by atoms with E-state index >= 15 is 0 Å². The van der Waals surface area contributed by atoms with Crippen LogP contribution in [0.25, 0.3) is 0 Å². The fourth-order valence-electron chi connectivity index (χ4n) is 2.70. The second-order valence-electron chi connectivity index (χ2n) is 5.20. The van der Waals surface area contributed by atoms with Gasteiger partial charge >= 0.3 is 0 Å². The van der Waals surface area contributed by atoms with E-state index in [1.165, 1.54) is 0 Å². The number of hydrogen-bond acceptors (Lipinski definition) is 1. The van der Waals surface area contributed by atoms with Gasteiger partial charge in [0.05, 0.1) is 0 Å². The molecule has 0 N–H and O–H groups in total. The molecule has 3 atom stereocenters. The SMILES string of the molecule is CC(c1ccccn1)C(Br)C1CCCC(F)(F)C1. The van der Waals surface area contributed by atoms with Gasteiger partial charge in [0.25, 0.3) is 0 Å². The highest BCUT2D eigenvalue weighted by molar-refractivity contribution is 9.09. The van der Waals surface area contributed by atoms with Gasteiger partial charge in [0.15, 0.2) is 0 Å². The summed E-state index contributed by atoms with van der Waals surface area (Å²) >= 11 is 3.62. The van der Waals surface area contributed by atoms with Crippen LogP contribution in [0.3, 0.4) is 0 Å². The van der Waals surface area contributed by atoms with Crippen molar-refractivity contribution in [2.45, 2.75) is 49.3 Å². The number of hydrogen-bond donors (Lipinski definition) is 0. The van der Waals surface area contributed by atoms with Gasteiger partial charge in [0.2, 0.25) is 5.92 Å². The highest BCUT2D eigenvalue weighted by Crippen LogP contribution is 2.43. The average Bonchev–Trinajstić information content (AvgIpc) is 2.37. The summed E-state index contributed by atoms with van der Waals surface area (Å²) in [5, 5.41) is 0. The molecule has 0 bridgehead atoms. The van der Waals surface area contributed by atoms with Crippen LogP contribution < -0.4 is 0 Å². The summed E-state index contributed by atoms with van der Waals surface area (Å²) in [4.78, 5) is 4.38. The first kappa shape index (κ1) is 13.9. The zero-order valence-electron chi connectivity index (χ0n) is 10.5. The minimum absolute atomic E-state index is 0.0000895. The quantitative estimate of drug-likeness (QED) is 0.731. The van der Waals surface area contributed by atoms with Crippen LogP contribution in [0, 0.1) is 5.92 Å². The maximum absolute atomic E-state index is 13.4. The highest BCUT2D eigenvalue weighted by Gasteiger charge is 2.40. The van der Waals surface area contributed by atoms with Crippen molar-refractivity contribution in [1.82, 2.24) is 4.98 Å². The lowest BCUT2D eigenvalue weighted by Gasteiger charge is -2.34. The van der Waals surface area contributed by atoms with E-state index in [9.17, 15) is 8.78 Å². The number of rotatable bonds is 3. The molecule has 3 unspecified atom stereocenters. The monoisotopic (exact) mass is 317 g/mol. The molecule has 100 valence electrons. The number of alkyl halides is 3. The molecular formula is C14H18BrF2N. The van der Waals surface area contributed by atoms with Crippen molar-refractivity contribution < 1.29 is 8.78 Å². The Bertz CT molecular complexity index is 383. The van der Waals surface area contributed by atoms with Crippen molar-refractivity contribution in [2.24, 2.45) is 5.92 Å². The molecule has 0 aromatic carbocycles. The van der Waals surface area contributed by atoms with Crippen molar-refractivity contribution in [2.75, 3.05) is 0 Å². The van der Waals surface area contributed by atoms with Crippen molar-refractivity contribution >= 4 is 15.9 Å². The third-order valence-electron chi connectivity index (χ3n) is 3.76. The smallest absolute Gasteiger partial charge is 0.248 e. The maximum Gasteiger partial charge on any atom is 0.248 e. The van der Waals surface area contributed by atoms with E-state index < -0.39 is 5.92 Å². The fraction of sp³-hybridized carbons (Fsp3) is 0.643. The van der Waals surface area contributed by atoms with E-state index in [0.29, 0.717) is 6.42 Å². The molecule has 18 heavy (non-hydrogen) atoms. The highest BCUT2D eigenvalue weighted by atomic mass is 79.9. The Kier molecular flexibility index (Phi) is 4.36. The van der Waals surface area contributed by atoms with E-state index in [1.54, 1.807) is 6.20 Å². The Labute approximate surface area is 115 Å². The Morgan fingerprint density at radius 3 is 2.83 bits per heavy atom. The molecule has 1 aromatic rings. The lowest BCUT2D eigenvalue weighted by atomic mass is 9.80. The number of halogens is 3. The molecule has 1 saturated carbocycles. The number of aromatic nitrogens is 1. The van der Waals surface area contributed by atoms with E-state index in [2.05, 4.69) is 27.8 Å².